The number of hydrogen-bond donors (Lipinski definition) is 0. The van der Waals surface area contributed by atoms with Gasteiger partial charge in [-0.2, -0.15) is 0 Å². The summed E-state index contributed by atoms with van der Waals surface area (Å²) >= 11 is 7.38. The summed E-state index contributed by atoms with van der Waals surface area (Å²) in [7, 11) is 2.06. The smallest absolute Gasteiger partial charge is 0.0795 e. The van der Waals surface area contributed by atoms with E-state index in [9.17, 15) is 0 Å². The molecule has 0 N–H and O–H groups in total. The van der Waals surface area contributed by atoms with Crippen molar-refractivity contribution in [2.75, 3.05) is 11.9 Å². The summed E-state index contributed by atoms with van der Waals surface area (Å²) in [6.07, 6.45) is 0. The van der Waals surface area contributed by atoms with Crippen LogP contribution in [0.4, 0.5) is 5.69 Å². The van der Waals surface area contributed by atoms with Crippen LogP contribution < -0.4 is 4.90 Å². The molecule has 4 heteroatoms. The summed E-state index contributed by atoms with van der Waals surface area (Å²) in [6, 6.07) is 8.29. The molecule has 1 aromatic carbocycles. The zero-order valence-electron chi connectivity index (χ0n) is 9.06. The van der Waals surface area contributed by atoms with Crippen molar-refractivity contribution in [1.29, 1.82) is 0 Å². The summed E-state index contributed by atoms with van der Waals surface area (Å²) in [5.74, 6) is 0.566. The first-order chi connectivity index (χ1) is 7.79. The van der Waals surface area contributed by atoms with E-state index in [1.807, 2.05) is 5.51 Å². The van der Waals surface area contributed by atoms with E-state index in [1.54, 1.807) is 11.3 Å². The minimum Gasteiger partial charge on any atom is -0.369 e. The van der Waals surface area contributed by atoms with Crippen molar-refractivity contribution < 1.29 is 0 Å². The second kappa shape index (κ2) is 5.32. The number of nitrogens with zero attached hydrogens (tertiary/aromatic N) is 2. The lowest BCUT2D eigenvalue weighted by atomic mass is 10.2. The molecule has 0 spiro atoms. The van der Waals surface area contributed by atoms with Crippen molar-refractivity contribution >= 4 is 28.6 Å². The Morgan fingerprint density at radius 1 is 1.31 bits per heavy atom. The van der Waals surface area contributed by atoms with Crippen LogP contribution in [0.15, 0.2) is 35.2 Å². The van der Waals surface area contributed by atoms with E-state index < -0.39 is 0 Å². The van der Waals surface area contributed by atoms with Crippen LogP contribution in [0.3, 0.4) is 0 Å². The fourth-order valence-corrected chi connectivity index (χ4v) is 2.22. The van der Waals surface area contributed by atoms with Crippen molar-refractivity contribution in [3.8, 4) is 0 Å². The van der Waals surface area contributed by atoms with Crippen LogP contribution in [0.2, 0.25) is 0 Å². The van der Waals surface area contributed by atoms with Crippen molar-refractivity contribution in [2.45, 2.75) is 12.4 Å². The molecule has 0 radical (unpaired) electrons. The Kier molecular flexibility index (Phi) is 3.80. The monoisotopic (exact) mass is 252 g/mol. The Labute approximate surface area is 105 Å². The Balaban J connectivity index is 2.05. The van der Waals surface area contributed by atoms with Gasteiger partial charge >= 0.3 is 0 Å². The van der Waals surface area contributed by atoms with E-state index in [0.717, 1.165) is 17.8 Å². The highest BCUT2D eigenvalue weighted by molar-refractivity contribution is 7.07. The first-order valence-electron chi connectivity index (χ1n) is 5.02. The van der Waals surface area contributed by atoms with Crippen LogP contribution in [0, 0.1) is 0 Å². The maximum atomic E-state index is 5.75. The van der Waals surface area contributed by atoms with E-state index in [1.165, 1.54) is 5.69 Å². The molecule has 0 unspecified atom stereocenters. The van der Waals surface area contributed by atoms with Gasteiger partial charge in [-0.25, -0.2) is 4.98 Å². The first kappa shape index (κ1) is 11.4. The number of thiazole rings is 1. The van der Waals surface area contributed by atoms with Gasteiger partial charge in [-0.1, -0.05) is 12.1 Å². The highest BCUT2D eigenvalue weighted by Gasteiger charge is 2.03. The van der Waals surface area contributed by atoms with Gasteiger partial charge in [-0.3, -0.25) is 0 Å². The Hall–Kier alpha value is -1.06. The summed E-state index contributed by atoms with van der Waals surface area (Å²) in [5.41, 5.74) is 5.29. The molecular formula is C12H13ClN2S. The second-order valence-electron chi connectivity index (χ2n) is 3.64. The quantitative estimate of drug-likeness (QED) is 0.774. The summed E-state index contributed by atoms with van der Waals surface area (Å²) in [5, 5.41) is 2.07. The molecule has 0 amide bonds. The van der Waals surface area contributed by atoms with Gasteiger partial charge in [-0.15, -0.1) is 22.9 Å². The lowest BCUT2D eigenvalue weighted by Crippen LogP contribution is -2.16. The van der Waals surface area contributed by atoms with Gasteiger partial charge in [-0.05, 0) is 17.7 Å². The third-order valence-electron chi connectivity index (χ3n) is 2.41. The van der Waals surface area contributed by atoms with Crippen LogP contribution in [-0.2, 0) is 12.4 Å². The van der Waals surface area contributed by atoms with E-state index in [2.05, 4.69) is 46.6 Å². The maximum Gasteiger partial charge on any atom is 0.0795 e. The van der Waals surface area contributed by atoms with Crippen molar-refractivity contribution in [1.82, 2.24) is 4.98 Å². The van der Waals surface area contributed by atoms with Gasteiger partial charge in [0, 0.05) is 24.0 Å². The number of anilines is 1. The molecule has 0 saturated carbocycles. The van der Waals surface area contributed by atoms with Crippen molar-refractivity contribution in [3.05, 3.63) is 46.4 Å². The maximum absolute atomic E-state index is 5.75. The first-order valence-corrected chi connectivity index (χ1v) is 6.50. The number of alkyl halides is 1. The molecule has 0 atom stereocenters. The largest absolute Gasteiger partial charge is 0.369 e. The fraction of sp³-hybridized carbons (Fsp3) is 0.250. The molecule has 2 aromatic rings. The zero-order chi connectivity index (χ0) is 11.4. The van der Waals surface area contributed by atoms with Crippen LogP contribution in [-0.4, -0.2) is 12.0 Å². The average molecular weight is 253 g/mol. The molecule has 2 rings (SSSR count). The third kappa shape index (κ3) is 2.74. The standard InChI is InChI=1S/C12H13ClN2S/c1-15(7-11-8-16-9-14-11)12-4-2-10(6-13)3-5-12/h2-5,8-9H,6-7H2,1H3. The zero-order valence-corrected chi connectivity index (χ0v) is 10.6. The van der Waals surface area contributed by atoms with Gasteiger partial charge in [0.05, 0.1) is 17.7 Å². The van der Waals surface area contributed by atoms with Gasteiger partial charge in [0.2, 0.25) is 0 Å². The molecule has 0 aliphatic carbocycles. The summed E-state index contributed by atoms with van der Waals surface area (Å²) in [6.45, 7) is 0.837. The number of rotatable bonds is 4. The molecule has 2 nitrogen and oxygen atoms in total. The lowest BCUT2D eigenvalue weighted by Gasteiger charge is -2.18. The van der Waals surface area contributed by atoms with Gasteiger partial charge < -0.3 is 4.90 Å². The van der Waals surface area contributed by atoms with E-state index in [0.29, 0.717) is 5.88 Å². The fourth-order valence-electron chi connectivity index (χ4n) is 1.49. The van der Waals surface area contributed by atoms with Crippen molar-refractivity contribution in [3.63, 3.8) is 0 Å². The van der Waals surface area contributed by atoms with Gasteiger partial charge in [0.15, 0.2) is 0 Å². The normalized spacial score (nSPS) is 10.4. The highest BCUT2D eigenvalue weighted by Crippen LogP contribution is 2.17. The average Bonchev–Trinajstić information content (AvgIpc) is 2.82. The molecule has 0 bridgehead atoms. The number of aromatic nitrogens is 1. The van der Waals surface area contributed by atoms with Crippen LogP contribution in [0.25, 0.3) is 0 Å². The van der Waals surface area contributed by atoms with E-state index >= 15 is 0 Å². The minimum atomic E-state index is 0.566. The third-order valence-corrected chi connectivity index (χ3v) is 3.36. The number of hydrogen-bond acceptors (Lipinski definition) is 3. The van der Waals surface area contributed by atoms with E-state index in [-0.39, 0.29) is 0 Å². The Morgan fingerprint density at radius 3 is 2.62 bits per heavy atom. The molecule has 0 aliphatic rings. The molecule has 84 valence electrons. The number of benzene rings is 1. The number of halogens is 1. The molecule has 0 saturated heterocycles. The van der Waals surface area contributed by atoms with Crippen LogP contribution in [0.1, 0.15) is 11.3 Å². The molecule has 1 aromatic heterocycles. The Bertz CT molecular complexity index is 425. The second-order valence-corrected chi connectivity index (χ2v) is 4.62. The summed E-state index contributed by atoms with van der Waals surface area (Å²) in [4.78, 5) is 6.44. The SMILES string of the molecule is CN(Cc1cscn1)c1ccc(CCl)cc1. The molecule has 1 heterocycles. The van der Waals surface area contributed by atoms with Crippen LogP contribution in [0.5, 0.6) is 0 Å². The van der Waals surface area contributed by atoms with Gasteiger partial charge in [0.25, 0.3) is 0 Å². The van der Waals surface area contributed by atoms with E-state index in [4.69, 9.17) is 11.6 Å². The van der Waals surface area contributed by atoms with Gasteiger partial charge in [0.1, 0.15) is 0 Å². The van der Waals surface area contributed by atoms with Crippen molar-refractivity contribution in [2.24, 2.45) is 0 Å². The molecule has 0 fully saturated rings. The summed E-state index contributed by atoms with van der Waals surface area (Å²) < 4.78 is 0. The minimum absolute atomic E-state index is 0.566. The molecule has 16 heavy (non-hydrogen) atoms. The highest BCUT2D eigenvalue weighted by atomic mass is 35.5. The van der Waals surface area contributed by atoms with Crippen LogP contribution >= 0.6 is 22.9 Å². The molecule has 0 aliphatic heterocycles. The molecular weight excluding hydrogens is 240 g/mol. The predicted molar refractivity (Wildman–Crippen MR) is 70.2 cm³/mol. The predicted octanol–water partition coefficient (Wildman–Crippen LogP) is 3.52. The topological polar surface area (TPSA) is 16.1 Å². The lowest BCUT2D eigenvalue weighted by molar-refractivity contribution is 0.894. The Morgan fingerprint density at radius 2 is 2.06 bits per heavy atom.